The Bertz CT molecular complexity index is 385. The Morgan fingerprint density at radius 2 is 1.79 bits per heavy atom. The maximum Gasteiger partial charge on any atom is 0.122 e. The van der Waals surface area contributed by atoms with E-state index in [1.807, 2.05) is 0 Å². The van der Waals surface area contributed by atoms with Gasteiger partial charge in [0.2, 0.25) is 0 Å². The van der Waals surface area contributed by atoms with Crippen molar-refractivity contribution in [2.45, 2.75) is 47.0 Å². The monoisotopic (exact) mass is 280 g/mol. The van der Waals surface area contributed by atoms with Crippen molar-refractivity contribution in [3.63, 3.8) is 0 Å². The molecule has 1 rings (SSSR count). The van der Waals surface area contributed by atoms with E-state index in [-0.39, 0.29) is 0 Å². The molecule has 0 radical (unpaired) electrons. The first-order valence-corrected chi connectivity index (χ1v) is 7.93. The van der Waals surface area contributed by atoms with Crippen LogP contribution >= 0.6 is 12.6 Å². The predicted molar refractivity (Wildman–Crippen MR) is 87.6 cm³/mol. The number of thiol groups is 1. The van der Waals surface area contributed by atoms with Crippen LogP contribution in [0.15, 0.2) is 18.2 Å². The Morgan fingerprint density at radius 1 is 1.11 bits per heavy atom. The van der Waals surface area contributed by atoms with E-state index in [4.69, 9.17) is 4.74 Å². The van der Waals surface area contributed by atoms with Crippen molar-refractivity contribution in [2.75, 3.05) is 12.4 Å². The second kappa shape index (κ2) is 7.84. The lowest BCUT2D eigenvalue weighted by Crippen LogP contribution is -2.08. The molecule has 0 saturated carbocycles. The highest BCUT2D eigenvalue weighted by Crippen LogP contribution is 2.29. The van der Waals surface area contributed by atoms with Crippen LogP contribution in [0.2, 0.25) is 0 Å². The molecule has 0 spiro atoms. The van der Waals surface area contributed by atoms with Crippen LogP contribution in [0.25, 0.3) is 0 Å². The zero-order valence-electron chi connectivity index (χ0n) is 12.9. The zero-order valence-corrected chi connectivity index (χ0v) is 13.8. The maximum absolute atomic E-state index is 5.93. The van der Waals surface area contributed by atoms with Crippen LogP contribution in [0.1, 0.15) is 51.7 Å². The summed E-state index contributed by atoms with van der Waals surface area (Å²) in [6.45, 7) is 11.8. The molecule has 108 valence electrons. The standard InChI is InChI=1S/C17H28OS/c1-12(2)10-18-17-7-6-15(8-14(5)11-19)9-16(17)13(3)4/h6-7,9,12-14,19H,8,10-11H2,1-5H3. The van der Waals surface area contributed by atoms with E-state index in [9.17, 15) is 0 Å². The quantitative estimate of drug-likeness (QED) is 0.695. The third-order valence-electron chi connectivity index (χ3n) is 3.16. The number of rotatable bonds is 7. The van der Waals surface area contributed by atoms with Gasteiger partial charge in [0.25, 0.3) is 0 Å². The molecule has 1 aromatic carbocycles. The SMILES string of the molecule is CC(C)COc1ccc(CC(C)CS)cc1C(C)C. The van der Waals surface area contributed by atoms with Crippen molar-refractivity contribution < 1.29 is 4.74 Å². The molecule has 2 heteroatoms. The summed E-state index contributed by atoms with van der Waals surface area (Å²) in [7, 11) is 0. The summed E-state index contributed by atoms with van der Waals surface area (Å²) < 4.78 is 5.93. The maximum atomic E-state index is 5.93. The van der Waals surface area contributed by atoms with Crippen molar-refractivity contribution in [1.29, 1.82) is 0 Å². The lowest BCUT2D eigenvalue weighted by molar-refractivity contribution is 0.267. The van der Waals surface area contributed by atoms with Crippen molar-refractivity contribution in [3.8, 4) is 5.75 Å². The van der Waals surface area contributed by atoms with E-state index in [1.54, 1.807) is 0 Å². The fourth-order valence-electron chi connectivity index (χ4n) is 2.03. The van der Waals surface area contributed by atoms with Crippen LogP contribution < -0.4 is 4.74 Å². The molecule has 0 aliphatic rings. The highest BCUT2D eigenvalue weighted by molar-refractivity contribution is 7.80. The first kappa shape index (κ1) is 16.4. The van der Waals surface area contributed by atoms with Gasteiger partial charge in [-0.2, -0.15) is 12.6 Å². The first-order chi connectivity index (χ1) is 8.93. The molecule has 1 aromatic rings. The molecule has 0 N–H and O–H groups in total. The predicted octanol–water partition coefficient (Wildman–Crippen LogP) is 4.95. The summed E-state index contributed by atoms with van der Waals surface area (Å²) in [5.74, 6) is 3.65. The minimum atomic E-state index is 0.494. The van der Waals surface area contributed by atoms with E-state index in [1.165, 1.54) is 11.1 Å². The van der Waals surface area contributed by atoms with Gasteiger partial charge in [0.05, 0.1) is 6.61 Å². The van der Waals surface area contributed by atoms with Gasteiger partial charge >= 0.3 is 0 Å². The van der Waals surface area contributed by atoms with Gasteiger partial charge in [0.1, 0.15) is 5.75 Å². The van der Waals surface area contributed by atoms with Gasteiger partial charge in [-0.15, -0.1) is 0 Å². The van der Waals surface area contributed by atoms with Crippen LogP contribution in [-0.2, 0) is 6.42 Å². The Morgan fingerprint density at radius 3 is 2.32 bits per heavy atom. The van der Waals surface area contributed by atoms with Crippen molar-refractivity contribution >= 4 is 12.6 Å². The second-order valence-electron chi connectivity index (χ2n) is 6.22. The Labute approximate surface area is 124 Å². The Hall–Kier alpha value is -0.630. The summed E-state index contributed by atoms with van der Waals surface area (Å²) in [6, 6.07) is 6.64. The van der Waals surface area contributed by atoms with Crippen LogP contribution in [0.4, 0.5) is 0 Å². The number of hydrogen-bond acceptors (Lipinski definition) is 2. The molecule has 1 nitrogen and oxygen atoms in total. The highest BCUT2D eigenvalue weighted by atomic mass is 32.1. The molecule has 0 aromatic heterocycles. The van der Waals surface area contributed by atoms with Gasteiger partial charge in [-0.3, -0.25) is 0 Å². The van der Waals surface area contributed by atoms with Gasteiger partial charge in [-0.05, 0) is 47.1 Å². The Kier molecular flexibility index (Phi) is 6.78. The first-order valence-electron chi connectivity index (χ1n) is 7.30. The van der Waals surface area contributed by atoms with E-state index in [0.29, 0.717) is 17.8 Å². The minimum Gasteiger partial charge on any atom is -0.493 e. The zero-order chi connectivity index (χ0) is 14.4. The van der Waals surface area contributed by atoms with Crippen molar-refractivity contribution in [3.05, 3.63) is 29.3 Å². The molecule has 1 unspecified atom stereocenters. The van der Waals surface area contributed by atoms with Gasteiger partial charge in [0, 0.05) is 0 Å². The average molecular weight is 280 g/mol. The van der Waals surface area contributed by atoms with Crippen LogP contribution in [0, 0.1) is 11.8 Å². The van der Waals surface area contributed by atoms with E-state index in [2.05, 4.69) is 65.4 Å². The Balaban J connectivity index is 2.88. The lowest BCUT2D eigenvalue weighted by atomic mass is 9.95. The van der Waals surface area contributed by atoms with Gasteiger partial charge in [-0.25, -0.2) is 0 Å². The lowest BCUT2D eigenvalue weighted by Gasteiger charge is -2.17. The highest BCUT2D eigenvalue weighted by Gasteiger charge is 2.11. The van der Waals surface area contributed by atoms with Crippen molar-refractivity contribution in [1.82, 2.24) is 0 Å². The van der Waals surface area contributed by atoms with Gasteiger partial charge < -0.3 is 4.74 Å². The van der Waals surface area contributed by atoms with Gasteiger partial charge in [0.15, 0.2) is 0 Å². The van der Waals surface area contributed by atoms with E-state index >= 15 is 0 Å². The largest absolute Gasteiger partial charge is 0.493 e. The van der Waals surface area contributed by atoms with Crippen LogP contribution in [0.3, 0.4) is 0 Å². The topological polar surface area (TPSA) is 9.23 Å². The third kappa shape index (κ3) is 5.48. The smallest absolute Gasteiger partial charge is 0.122 e. The molecule has 1 atom stereocenters. The molecule has 0 fully saturated rings. The molecular formula is C17H28OS. The normalized spacial score (nSPS) is 13.1. The molecular weight excluding hydrogens is 252 g/mol. The molecule has 0 heterocycles. The summed E-state index contributed by atoms with van der Waals surface area (Å²) in [5.41, 5.74) is 2.71. The van der Waals surface area contributed by atoms with Crippen LogP contribution in [-0.4, -0.2) is 12.4 Å². The third-order valence-corrected chi connectivity index (χ3v) is 3.79. The molecule has 0 saturated heterocycles. The summed E-state index contributed by atoms with van der Waals surface area (Å²) in [4.78, 5) is 0. The van der Waals surface area contributed by atoms with Gasteiger partial charge in [-0.1, -0.05) is 46.8 Å². The number of benzene rings is 1. The molecule has 0 aliphatic heterocycles. The number of hydrogen-bond donors (Lipinski definition) is 1. The fraction of sp³-hybridized carbons (Fsp3) is 0.647. The molecule has 19 heavy (non-hydrogen) atoms. The fourth-order valence-corrected chi connectivity index (χ4v) is 2.16. The average Bonchev–Trinajstić information content (AvgIpc) is 2.36. The second-order valence-corrected chi connectivity index (χ2v) is 6.59. The van der Waals surface area contributed by atoms with E-state index in [0.717, 1.165) is 24.5 Å². The summed E-state index contributed by atoms with van der Waals surface area (Å²) >= 11 is 4.36. The molecule has 0 aliphatic carbocycles. The summed E-state index contributed by atoms with van der Waals surface area (Å²) in [6.07, 6.45) is 1.09. The molecule has 0 bridgehead atoms. The molecule has 0 amide bonds. The number of ether oxygens (including phenoxy) is 1. The van der Waals surface area contributed by atoms with Crippen molar-refractivity contribution in [2.24, 2.45) is 11.8 Å². The van der Waals surface area contributed by atoms with Crippen LogP contribution in [0.5, 0.6) is 5.75 Å². The van der Waals surface area contributed by atoms with E-state index < -0.39 is 0 Å². The minimum absolute atomic E-state index is 0.494. The summed E-state index contributed by atoms with van der Waals surface area (Å²) in [5, 5.41) is 0.